The normalized spacial score (nSPS) is 11.9. The number of carbonyl (C=O) groups is 3. The Morgan fingerprint density at radius 3 is 2.26 bits per heavy atom. The van der Waals surface area contributed by atoms with Gasteiger partial charge in [-0.1, -0.05) is 42.5 Å². The number of thiophene rings is 1. The number of benzene rings is 2. The summed E-state index contributed by atoms with van der Waals surface area (Å²) in [6.07, 6.45) is -0.686. The molecule has 3 aromatic rings. The van der Waals surface area contributed by atoms with Gasteiger partial charge in [-0.05, 0) is 56.8 Å². The number of hydrogen-bond acceptors (Lipinski definition) is 6. The molecule has 2 aromatic carbocycles. The summed E-state index contributed by atoms with van der Waals surface area (Å²) in [5.41, 5.74) is 1.17. The van der Waals surface area contributed by atoms with Crippen LogP contribution in [0.3, 0.4) is 0 Å². The number of amides is 2. The van der Waals surface area contributed by atoms with Gasteiger partial charge in [0.05, 0.1) is 24.2 Å². The van der Waals surface area contributed by atoms with Crippen LogP contribution in [0.15, 0.2) is 66.0 Å². The molecule has 35 heavy (non-hydrogen) atoms. The van der Waals surface area contributed by atoms with Gasteiger partial charge in [0.1, 0.15) is 17.4 Å². The smallest absolute Gasteiger partial charge is 0.408 e. The minimum absolute atomic E-state index is 0.170. The Balaban J connectivity index is 1.93. The quantitative estimate of drug-likeness (QED) is 0.422. The van der Waals surface area contributed by atoms with Crippen LogP contribution in [-0.2, 0) is 16.1 Å². The molecule has 184 valence electrons. The van der Waals surface area contributed by atoms with Gasteiger partial charge in [-0.3, -0.25) is 9.59 Å². The van der Waals surface area contributed by atoms with Gasteiger partial charge in [0, 0.05) is 5.56 Å². The first kappa shape index (κ1) is 26.0. The summed E-state index contributed by atoms with van der Waals surface area (Å²) in [5, 5.41) is 4.39. The first-order chi connectivity index (χ1) is 16.6. The summed E-state index contributed by atoms with van der Waals surface area (Å²) in [4.78, 5) is 41.1. The highest BCUT2D eigenvalue weighted by Gasteiger charge is 2.29. The van der Waals surface area contributed by atoms with Crippen LogP contribution >= 0.6 is 11.3 Å². The number of methoxy groups -OCH3 is 1. The zero-order valence-electron chi connectivity index (χ0n) is 20.5. The number of hydrogen-bond donors (Lipinski definition) is 1. The van der Waals surface area contributed by atoms with Crippen molar-refractivity contribution in [3.05, 3.63) is 82.0 Å². The Kier molecular flexibility index (Phi) is 8.30. The molecule has 0 saturated heterocycles. The summed E-state index contributed by atoms with van der Waals surface area (Å²) in [5.74, 6) is 0.158. The number of nitrogens with one attached hydrogen (secondary N) is 1. The maximum Gasteiger partial charge on any atom is 0.408 e. The third-order valence-electron chi connectivity index (χ3n) is 5.05. The number of ether oxygens (including phenoxy) is 2. The monoisotopic (exact) mass is 494 g/mol. The van der Waals surface area contributed by atoms with E-state index in [0.29, 0.717) is 21.9 Å². The van der Waals surface area contributed by atoms with Gasteiger partial charge in [0.2, 0.25) is 11.7 Å². The van der Waals surface area contributed by atoms with Crippen molar-refractivity contribution < 1.29 is 23.9 Å². The molecule has 1 atom stereocenters. The summed E-state index contributed by atoms with van der Waals surface area (Å²) in [7, 11) is 1.59. The highest BCUT2D eigenvalue weighted by Crippen LogP contribution is 2.31. The van der Waals surface area contributed by atoms with Crippen molar-refractivity contribution in [2.24, 2.45) is 0 Å². The van der Waals surface area contributed by atoms with Crippen LogP contribution in [0.2, 0.25) is 0 Å². The van der Waals surface area contributed by atoms with Gasteiger partial charge in [0.25, 0.3) is 0 Å². The van der Waals surface area contributed by atoms with Gasteiger partial charge in [-0.15, -0.1) is 11.3 Å². The minimum Gasteiger partial charge on any atom is -0.497 e. The van der Waals surface area contributed by atoms with Gasteiger partial charge >= 0.3 is 6.09 Å². The van der Waals surface area contributed by atoms with Crippen molar-refractivity contribution in [2.75, 3.05) is 12.0 Å². The van der Waals surface area contributed by atoms with E-state index in [9.17, 15) is 14.4 Å². The van der Waals surface area contributed by atoms with Crippen LogP contribution in [0.4, 0.5) is 10.5 Å². The zero-order valence-corrected chi connectivity index (χ0v) is 21.3. The van der Waals surface area contributed by atoms with E-state index in [2.05, 4.69) is 5.32 Å². The van der Waals surface area contributed by atoms with E-state index in [4.69, 9.17) is 9.47 Å². The zero-order chi connectivity index (χ0) is 25.6. The largest absolute Gasteiger partial charge is 0.497 e. The molecule has 0 unspecified atom stereocenters. The highest BCUT2D eigenvalue weighted by atomic mass is 32.1. The Morgan fingerprint density at radius 2 is 1.66 bits per heavy atom. The van der Waals surface area contributed by atoms with E-state index in [0.717, 1.165) is 5.56 Å². The number of alkyl carbamates (subject to hydrolysis) is 1. The van der Waals surface area contributed by atoms with E-state index in [1.807, 2.05) is 30.3 Å². The Bertz CT molecular complexity index is 1170. The fourth-order valence-corrected chi connectivity index (χ4v) is 4.24. The van der Waals surface area contributed by atoms with Crippen molar-refractivity contribution in [2.45, 2.75) is 45.9 Å². The predicted molar refractivity (Wildman–Crippen MR) is 137 cm³/mol. The summed E-state index contributed by atoms with van der Waals surface area (Å²) in [6.45, 7) is 7.05. The molecule has 1 aromatic heterocycles. The second-order valence-corrected chi connectivity index (χ2v) is 9.89. The van der Waals surface area contributed by atoms with Crippen molar-refractivity contribution in [1.29, 1.82) is 0 Å². The fourth-order valence-electron chi connectivity index (χ4n) is 3.38. The molecule has 1 heterocycles. The second-order valence-electron chi connectivity index (χ2n) is 8.97. The number of ketones is 1. The fraction of sp³-hybridized carbons (Fsp3) is 0.296. The van der Waals surface area contributed by atoms with Crippen molar-refractivity contribution in [1.82, 2.24) is 5.32 Å². The molecule has 1 N–H and O–H groups in total. The van der Waals surface area contributed by atoms with E-state index in [1.54, 1.807) is 70.5 Å². The Hall–Kier alpha value is -3.65. The molecule has 0 bridgehead atoms. The van der Waals surface area contributed by atoms with E-state index >= 15 is 0 Å². The summed E-state index contributed by atoms with van der Waals surface area (Å²) in [6, 6.07) is 17.1. The number of anilines is 1. The van der Waals surface area contributed by atoms with Crippen LogP contribution in [0.25, 0.3) is 0 Å². The van der Waals surface area contributed by atoms with Crippen LogP contribution < -0.4 is 15.0 Å². The first-order valence-electron chi connectivity index (χ1n) is 11.2. The molecule has 0 aliphatic rings. The number of rotatable bonds is 8. The topological polar surface area (TPSA) is 84.9 Å². The molecule has 0 fully saturated rings. The lowest BCUT2D eigenvalue weighted by Gasteiger charge is -2.27. The Morgan fingerprint density at radius 1 is 1.00 bits per heavy atom. The van der Waals surface area contributed by atoms with Crippen LogP contribution in [0, 0.1) is 0 Å². The maximum absolute atomic E-state index is 13.6. The van der Waals surface area contributed by atoms with Crippen molar-refractivity contribution >= 4 is 34.8 Å². The molecular weight excluding hydrogens is 464 g/mol. The SMILES string of the molecule is COc1ccc(CN(C(=O)[C@H](C)NC(=O)OC(C)(C)C)c2ccsc2C(=O)c2ccccc2)cc1. The second kappa shape index (κ2) is 11.2. The summed E-state index contributed by atoms with van der Waals surface area (Å²) < 4.78 is 10.5. The molecule has 7 nitrogen and oxygen atoms in total. The predicted octanol–water partition coefficient (Wildman–Crippen LogP) is 5.43. The molecule has 3 rings (SSSR count). The summed E-state index contributed by atoms with van der Waals surface area (Å²) >= 11 is 1.27. The lowest BCUT2D eigenvalue weighted by atomic mass is 10.1. The first-order valence-corrected chi connectivity index (χ1v) is 12.1. The number of carbonyl (C=O) groups excluding carboxylic acids is 3. The van der Waals surface area contributed by atoms with Gasteiger partial charge in [-0.25, -0.2) is 4.79 Å². The molecule has 0 radical (unpaired) electrons. The molecular formula is C27H30N2O5S. The lowest BCUT2D eigenvalue weighted by Crippen LogP contribution is -2.48. The minimum atomic E-state index is -0.886. The van der Waals surface area contributed by atoms with E-state index in [1.165, 1.54) is 16.2 Å². The van der Waals surface area contributed by atoms with Gasteiger partial charge in [-0.2, -0.15) is 0 Å². The average molecular weight is 495 g/mol. The number of nitrogens with zero attached hydrogens (tertiary/aromatic N) is 1. The standard InChI is InChI=1S/C27H30N2O5S/c1-18(28-26(32)34-27(2,3)4)25(31)29(17-19-11-13-21(33-5)14-12-19)22-15-16-35-24(22)23(30)20-9-7-6-8-10-20/h6-16,18H,17H2,1-5H3,(H,28,32)/t18-/m0/s1. The van der Waals surface area contributed by atoms with Crippen molar-refractivity contribution in [3.8, 4) is 5.75 Å². The van der Waals surface area contributed by atoms with Crippen LogP contribution in [0.5, 0.6) is 5.75 Å². The van der Waals surface area contributed by atoms with Crippen molar-refractivity contribution in [3.63, 3.8) is 0 Å². The molecule has 2 amide bonds. The Labute approximate surface area is 209 Å². The lowest BCUT2D eigenvalue weighted by molar-refractivity contribution is -0.120. The van der Waals surface area contributed by atoms with Gasteiger partial charge < -0.3 is 19.7 Å². The maximum atomic E-state index is 13.6. The molecule has 8 heteroatoms. The van der Waals surface area contributed by atoms with E-state index in [-0.39, 0.29) is 18.2 Å². The molecule has 0 spiro atoms. The highest BCUT2D eigenvalue weighted by molar-refractivity contribution is 7.13. The molecule has 0 aliphatic carbocycles. The van der Waals surface area contributed by atoms with Crippen LogP contribution in [-0.4, -0.2) is 36.5 Å². The molecule has 0 saturated carbocycles. The van der Waals surface area contributed by atoms with E-state index < -0.39 is 17.7 Å². The van der Waals surface area contributed by atoms with Gasteiger partial charge in [0.15, 0.2) is 0 Å². The third kappa shape index (κ3) is 6.93. The molecule has 0 aliphatic heterocycles. The average Bonchev–Trinajstić information content (AvgIpc) is 3.31. The van der Waals surface area contributed by atoms with Crippen LogP contribution in [0.1, 0.15) is 48.5 Å². The third-order valence-corrected chi connectivity index (χ3v) is 5.95.